The van der Waals surface area contributed by atoms with Crippen LogP contribution in [0.2, 0.25) is 0 Å². The molecule has 0 amide bonds. The Bertz CT molecular complexity index is 529. The standard InChI is InChI=1S/C12H13BrN2S/c1-12(4-5-14-7-12)11-15-9-3-2-8(13)6-10(9)16-11/h2-3,6,14H,4-5,7H2,1H3. The fourth-order valence-electron chi connectivity index (χ4n) is 2.16. The Labute approximate surface area is 107 Å². The molecular formula is C12H13BrN2S. The van der Waals surface area contributed by atoms with Gasteiger partial charge in [0.1, 0.15) is 5.01 Å². The average Bonchev–Trinajstić information content (AvgIpc) is 2.84. The molecule has 1 aliphatic rings. The van der Waals surface area contributed by atoms with Crippen molar-refractivity contribution in [1.82, 2.24) is 10.3 Å². The van der Waals surface area contributed by atoms with Crippen LogP contribution >= 0.6 is 27.3 Å². The van der Waals surface area contributed by atoms with Gasteiger partial charge in [0.2, 0.25) is 0 Å². The maximum atomic E-state index is 4.77. The van der Waals surface area contributed by atoms with Gasteiger partial charge in [0, 0.05) is 16.4 Å². The molecule has 1 unspecified atom stereocenters. The van der Waals surface area contributed by atoms with Crippen LogP contribution in [0.5, 0.6) is 0 Å². The van der Waals surface area contributed by atoms with Crippen LogP contribution < -0.4 is 5.32 Å². The lowest BCUT2D eigenvalue weighted by molar-refractivity contribution is 0.523. The number of benzene rings is 1. The van der Waals surface area contributed by atoms with Gasteiger partial charge in [0.25, 0.3) is 0 Å². The molecule has 1 N–H and O–H groups in total. The highest BCUT2D eigenvalue weighted by Crippen LogP contribution is 2.36. The first-order valence-electron chi connectivity index (χ1n) is 5.45. The van der Waals surface area contributed by atoms with Gasteiger partial charge in [-0.1, -0.05) is 22.9 Å². The minimum Gasteiger partial charge on any atom is -0.316 e. The van der Waals surface area contributed by atoms with E-state index in [4.69, 9.17) is 4.98 Å². The predicted molar refractivity (Wildman–Crippen MR) is 72.2 cm³/mol. The van der Waals surface area contributed by atoms with E-state index < -0.39 is 0 Å². The molecule has 84 valence electrons. The third-order valence-electron chi connectivity index (χ3n) is 3.24. The molecule has 0 aliphatic carbocycles. The van der Waals surface area contributed by atoms with Crippen molar-refractivity contribution < 1.29 is 0 Å². The van der Waals surface area contributed by atoms with Gasteiger partial charge >= 0.3 is 0 Å². The fraction of sp³-hybridized carbons (Fsp3) is 0.417. The van der Waals surface area contributed by atoms with Gasteiger partial charge in [-0.3, -0.25) is 0 Å². The number of fused-ring (bicyclic) bond motifs is 1. The van der Waals surface area contributed by atoms with Crippen molar-refractivity contribution >= 4 is 37.5 Å². The number of nitrogens with one attached hydrogen (secondary N) is 1. The highest BCUT2D eigenvalue weighted by molar-refractivity contribution is 9.10. The lowest BCUT2D eigenvalue weighted by Gasteiger charge is -2.18. The van der Waals surface area contributed by atoms with E-state index in [1.165, 1.54) is 16.1 Å². The van der Waals surface area contributed by atoms with Crippen molar-refractivity contribution in [2.24, 2.45) is 0 Å². The molecule has 0 saturated carbocycles. The largest absolute Gasteiger partial charge is 0.316 e. The molecule has 1 aromatic carbocycles. The lowest BCUT2D eigenvalue weighted by Crippen LogP contribution is -2.24. The normalized spacial score (nSPS) is 25.4. The van der Waals surface area contributed by atoms with Gasteiger partial charge in [-0.15, -0.1) is 11.3 Å². The van der Waals surface area contributed by atoms with Gasteiger partial charge < -0.3 is 5.32 Å². The van der Waals surface area contributed by atoms with Crippen LogP contribution in [0.15, 0.2) is 22.7 Å². The summed E-state index contributed by atoms with van der Waals surface area (Å²) in [5.74, 6) is 0. The number of rotatable bonds is 1. The number of halogens is 1. The van der Waals surface area contributed by atoms with Gasteiger partial charge in [-0.2, -0.15) is 0 Å². The van der Waals surface area contributed by atoms with Gasteiger partial charge in [-0.25, -0.2) is 4.98 Å². The Morgan fingerprint density at radius 3 is 3.12 bits per heavy atom. The van der Waals surface area contributed by atoms with Crippen LogP contribution in [0.1, 0.15) is 18.4 Å². The summed E-state index contributed by atoms with van der Waals surface area (Å²) in [5.41, 5.74) is 1.35. The number of nitrogens with zero attached hydrogens (tertiary/aromatic N) is 1. The van der Waals surface area contributed by atoms with Crippen molar-refractivity contribution in [3.8, 4) is 0 Å². The van der Waals surface area contributed by atoms with Crippen molar-refractivity contribution in [1.29, 1.82) is 0 Å². The number of hydrogen-bond acceptors (Lipinski definition) is 3. The minimum absolute atomic E-state index is 0.232. The van der Waals surface area contributed by atoms with Gasteiger partial charge in [-0.05, 0) is 31.2 Å². The monoisotopic (exact) mass is 296 g/mol. The zero-order valence-electron chi connectivity index (χ0n) is 9.09. The Balaban J connectivity index is 2.11. The molecular weight excluding hydrogens is 284 g/mol. The quantitative estimate of drug-likeness (QED) is 0.873. The van der Waals surface area contributed by atoms with E-state index >= 15 is 0 Å². The summed E-state index contributed by atoms with van der Waals surface area (Å²) in [7, 11) is 0. The number of hydrogen-bond donors (Lipinski definition) is 1. The first kappa shape index (κ1) is 10.7. The minimum atomic E-state index is 0.232. The molecule has 4 heteroatoms. The summed E-state index contributed by atoms with van der Waals surface area (Å²) >= 11 is 5.33. The molecule has 1 fully saturated rings. The molecule has 2 aromatic rings. The molecule has 0 spiro atoms. The molecule has 2 nitrogen and oxygen atoms in total. The lowest BCUT2D eigenvalue weighted by atomic mass is 9.91. The first-order valence-corrected chi connectivity index (χ1v) is 7.06. The second kappa shape index (κ2) is 3.79. The van der Waals surface area contributed by atoms with E-state index in [0.29, 0.717) is 0 Å². The summed E-state index contributed by atoms with van der Waals surface area (Å²) < 4.78 is 2.41. The fourth-order valence-corrected chi connectivity index (χ4v) is 3.85. The highest BCUT2D eigenvalue weighted by Gasteiger charge is 2.33. The maximum absolute atomic E-state index is 4.77. The Kier molecular flexibility index (Phi) is 2.53. The topological polar surface area (TPSA) is 24.9 Å². The van der Waals surface area contributed by atoms with E-state index in [-0.39, 0.29) is 5.41 Å². The predicted octanol–water partition coefficient (Wildman–Crippen LogP) is 3.31. The van der Waals surface area contributed by atoms with E-state index in [2.05, 4.69) is 46.4 Å². The van der Waals surface area contributed by atoms with E-state index in [9.17, 15) is 0 Å². The molecule has 1 atom stereocenters. The molecule has 1 saturated heterocycles. The maximum Gasteiger partial charge on any atom is 0.101 e. The van der Waals surface area contributed by atoms with Crippen molar-refractivity contribution in [2.45, 2.75) is 18.8 Å². The van der Waals surface area contributed by atoms with Crippen LogP contribution in [0.3, 0.4) is 0 Å². The van der Waals surface area contributed by atoms with Crippen molar-refractivity contribution in [2.75, 3.05) is 13.1 Å². The Morgan fingerprint density at radius 2 is 2.38 bits per heavy atom. The second-order valence-electron chi connectivity index (χ2n) is 4.62. The molecule has 0 radical (unpaired) electrons. The first-order chi connectivity index (χ1) is 7.67. The Hall–Kier alpha value is -0.450. The van der Waals surface area contributed by atoms with Crippen LogP contribution in [-0.4, -0.2) is 18.1 Å². The molecule has 1 aliphatic heterocycles. The van der Waals surface area contributed by atoms with Crippen LogP contribution in [-0.2, 0) is 5.41 Å². The molecule has 0 bridgehead atoms. The molecule has 3 rings (SSSR count). The summed E-state index contributed by atoms with van der Waals surface area (Å²) in [6.07, 6.45) is 1.19. The van der Waals surface area contributed by atoms with E-state index in [1.807, 2.05) is 11.3 Å². The summed E-state index contributed by atoms with van der Waals surface area (Å²) in [4.78, 5) is 4.77. The number of aromatic nitrogens is 1. The zero-order valence-corrected chi connectivity index (χ0v) is 11.5. The second-order valence-corrected chi connectivity index (χ2v) is 6.56. The van der Waals surface area contributed by atoms with Crippen LogP contribution in [0.25, 0.3) is 10.2 Å². The van der Waals surface area contributed by atoms with Crippen molar-refractivity contribution in [3.05, 3.63) is 27.7 Å². The smallest absolute Gasteiger partial charge is 0.101 e. The molecule has 16 heavy (non-hydrogen) atoms. The van der Waals surface area contributed by atoms with E-state index in [0.717, 1.165) is 23.1 Å². The van der Waals surface area contributed by atoms with E-state index in [1.54, 1.807) is 0 Å². The summed E-state index contributed by atoms with van der Waals surface area (Å²) in [6, 6.07) is 6.30. The SMILES string of the molecule is CC1(c2nc3ccc(Br)cc3s2)CCNC1. The van der Waals surface area contributed by atoms with Gasteiger partial charge in [0.05, 0.1) is 10.2 Å². The third kappa shape index (κ3) is 1.69. The summed E-state index contributed by atoms with van der Waals surface area (Å²) in [6.45, 7) is 4.46. The van der Waals surface area contributed by atoms with Gasteiger partial charge in [0.15, 0.2) is 0 Å². The zero-order chi connectivity index (χ0) is 11.2. The average molecular weight is 297 g/mol. The number of thiazole rings is 1. The summed E-state index contributed by atoms with van der Waals surface area (Å²) in [5, 5.41) is 4.69. The highest BCUT2D eigenvalue weighted by atomic mass is 79.9. The Morgan fingerprint density at radius 1 is 1.50 bits per heavy atom. The van der Waals surface area contributed by atoms with Crippen LogP contribution in [0, 0.1) is 0 Å². The molecule has 1 aromatic heterocycles. The van der Waals surface area contributed by atoms with Crippen molar-refractivity contribution in [3.63, 3.8) is 0 Å². The third-order valence-corrected chi connectivity index (χ3v) is 5.05. The molecule has 2 heterocycles. The van der Waals surface area contributed by atoms with Crippen LogP contribution in [0.4, 0.5) is 0 Å².